The highest BCUT2D eigenvalue weighted by molar-refractivity contribution is 5.28. The fourth-order valence-electron chi connectivity index (χ4n) is 1.50. The van der Waals surface area contributed by atoms with Crippen molar-refractivity contribution in [2.45, 2.75) is 5.92 Å². The summed E-state index contributed by atoms with van der Waals surface area (Å²) in [5, 5.41) is 31.1. The molecule has 0 amide bonds. The summed E-state index contributed by atoms with van der Waals surface area (Å²) < 4.78 is 0. The molecule has 0 spiro atoms. The fraction of sp³-hybridized carbons (Fsp3) is 0.143. The number of hydrogen-bond acceptors (Lipinski definition) is 6. The van der Waals surface area contributed by atoms with Crippen LogP contribution in [0.1, 0.15) is 23.0 Å². The predicted octanol–water partition coefficient (Wildman–Crippen LogP) is -0.779. The van der Waals surface area contributed by atoms with Gasteiger partial charge in [-0.1, -0.05) is 0 Å². The van der Waals surface area contributed by atoms with Crippen LogP contribution >= 0.6 is 0 Å². The summed E-state index contributed by atoms with van der Waals surface area (Å²) >= 11 is 0. The second kappa shape index (κ2) is 3.53. The van der Waals surface area contributed by atoms with Crippen LogP contribution in [0.5, 0.6) is 0 Å². The second-order valence-corrected chi connectivity index (χ2v) is 3.12. The van der Waals surface area contributed by atoms with Gasteiger partial charge in [0.15, 0.2) is 0 Å². The minimum Gasteiger partial charge on any atom is -0.198 e. The van der Waals surface area contributed by atoms with Crippen molar-refractivity contribution < 1.29 is 0 Å². The molecule has 0 aliphatic heterocycles. The van der Waals surface area contributed by atoms with Crippen molar-refractivity contribution in [1.82, 2.24) is 46.2 Å². The van der Waals surface area contributed by atoms with Crippen LogP contribution in [0.25, 0.3) is 0 Å². The Morgan fingerprint density at radius 1 is 0.688 bits per heavy atom. The summed E-state index contributed by atoms with van der Waals surface area (Å²) in [4.78, 5) is 0. The van der Waals surface area contributed by atoms with Gasteiger partial charge in [0.05, 0.1) is 41.6 Å². The van der Waals surface area contributed by atoms with Gasteiger partial charge in [0, 0.05) is 0 Å². The average Bonchev–Trinajstić information content (AvgIpc) is 3.02. The van der Waals surface area contributed by atoms with E-state index in [9.17, 15) is 0 Å². The number of nitrogens with zero attached hydrogens (tertiary/aromatic N) is 6. The Kier molecular flexibility index (Phi) is 1.92. The Balaban J connectivity index is 2.09. The zero-order chi connectivity index (χ0) is 10.8. The van der Waals surface area contributed by atoms with Gasteiger partial charge in [-0.3, -0.25) is 0 Å². The Labute approximate surface area is 88.7 Å². The standard InChI is InChI=1S/C7H7N9/c1-4(11-14-8-1)7(5-2-9-15-12-5)6-3-10-16-13-6/h1-3,7H,(H,8,11,14)(H,9,12,15)(H,10,13,16). The molecule has 3 rings (SSSR count). The molecule has 3 aromatic heterocycles. The van der Waals surface area contributed by atoms with Crippen LogP contribution in [0.15, 0.2) is 18.6 Å². The van der Waals surface area contributed by atoms with Crippen molar-refractivity contribution in [3.8, 4) is 0 Å². The van der Waals surface area contributed by atoms with Gasteiger partial charge in [0.1, 0.15) is 0 Å². The molecule has 0 aromatic carbocycles. The molecule has 0 saturated carbocycles. The molecule has 0 radical (unpaired) electrons. The first-order chi connectivity index (χ1) is 7.95. The molecule has 0 atom stereocenters. The molecule has 3 aromatic rings. The molecule has 0 aliphatic carbocycles. The highest BCUT2D eigenvalue weighted by Crippen LogP contribution is 2.25. The molecular formula is C7H7N9. The highest BCUT2D eigenvalue weighted by Gasteiger charge is 2.24. The van der Waals surface area contributed by atoms with E-state index in [4.69, 9.17) is 0 Å². The lowest BCUT2D eigenvalue weighted by Gasteiger charge is -2.05. The topological polar surface area (TPSA) is 125 Å². The predicted molar refractivity (Wildman–Crippen MR) is 50.1 cm³/mol. The summed E-state index contributed by atoms with van der Waals surface area (Å²) in [7, 11) is 0. The van der Waals surface area contributed by atoms with Crippen molar-refractivity contribution >= 4 is 0 Å². The van der Waals surface area contributed by atoms with Gasteiger partial charge in [-0.2, -0.15) is 46.2 Å². The molecule has 9 nitrogen and oxygen atoms in total. The van der Waals surface area contributed by atoms with Crippen LogP contribution < -0.4 is 0 Å². The van der Waals surface area contributed by atoms with Gasteiger partial charge in [0.2, 0.25) is 0 Å². The van der Waals surface area contributed by atoms with E-state index in [0.29, 0.717) is 17.1 Å². The van der Waals surface area contributed by atoms with Gasteiger partial charge in [-0.15, -0.1) is 0 Å². The SMILES string of the molecule is c1n[nH]nc1C(c1cn[nH]n1)c1cn[nH]n1. The first kappa shape index (κ1) is 8.71. The van der Waals surface area contributed by atoms with Crippen molar-refractivity contribution in [3.05, 3.63) is 35.7 Å². The number of hydrogen-bond donors (Lipinski definition) is 3. The molecule has 0 bridgehead atoms. The summed E-state index contributed by atoms with van der Waals surface area (Å²) in [6.07, 6.45) is 4.86. The largest absolute Gasteiger partial charge is 0.198 e. The van der Waals surface area contributed by atoms with Gasteiger partial charge >= 0.3 is 0 Å². The van der Waals surface area contributed by atoms with E-state index < -0.39 is 0 Å². The van der Waals surface area contributed by atoms with Crippen LogP contribution in [0, 0.1) is 0 Å². The molecule has 16 heavy (non-hydrogen) atoms. The van der Waals surface area contributed by atoms with Crippen LogP contribution in [0.3, 0.4) is 0 Å². The zero-order valence-electron chi connectivity index (χ0n) is 7.99. The van der Waals surface area contributed by atoms with E-state index in [-0.39, 0.29) is 5.92 Å². The van der Waals surface area contributed by atoms with E-state index >= 15 is 0 Å². The van der Waals surface area contributed by atoms with E-state index in [0.717, 1.165) is 0 Å². The average molecular weight is 217 g/mol. The van der Waals surface area contributed by atoms with Crippen LogP contribution in [0.4, 0.5) is 0 Å². The maximum atomic E-state index is 4.03. The smallest absolute Gasteiger partial charge is 0.0977 e. The molecule has 0 fully saturated rings. The van der Waals surface area contributed by atoms with Crippen molar-refractivity contribution in [1.29, 1.82) is 0 Å². The summed E-state index contributed by atoms with van der Waals surface area (Å²) in [5.74, 6) is -0.226. The summed E-state index contributed by atoms with van der Waals surface area (Å²) in [6.45, 7) is 0. The third-order valence-electron chi connectivity index (χ3n) is 2.19. The molecule has 3 heterocycles. The minimum atomic E-state index is -0.226. The maximum absolute atomic E-state index is 4.03. The number of aromatic nitrogens is 9. The maximum Gasteiger partial charge on any atom is 0.0977 e. The summed E-state index contributed by atoms with van der Waals surface area (Å²) in [6, 6.07) is 0. The van der Waals surface area contributed by atoms with E-state index in [1.165, 1.54) is 0 Å². The van der Waals surface area contributed by atoms with E-state index in [1.807, 2.05) is 0 Å². The Bertz CT molecular complexity index is 441. The Morgan fingerprint density at radius 3 is 1.31 bits per heavy atom. The molecule has 0 unspecified atom stereocenters. The Morgan fingerprint density at radius 2 is 1.06 bits per heavy atom. The third-order valence-corrected chi connectivity index (χ3v) is 2.19. The van der Waals surface area contributed by atoms with Crippen LogP contribution in [0.2, 0.25) is 0 Å². The lowest BCUT2D eigenvalue weighted by atomic mass is 10.00. The van der Waals surface area contributed by atoms with Gasteiger partial charge in [-0.25, -0.2) is 0 Å². The number of aromatic amines is 3. The zero-order valence-corrected chi connectivity index (χ0v) is 7.99. The Hall–Kier alpha value is -2.58. The van der Waals surface area contributed by atoms with Crippen LogP contribution in [-0.4, -0.2) is 46.2 Å². The fourth-order valence-corrected chi connectivity index (χ4v) is 1.50. The molecular weight excluding hydrogens is 210 g/mol. The molecule has 9 heteroatoms. The van der Waals surface area contributed by atoms with Crippen LogP contribution in [-0.2, 0) is 0 Å². The van der Waals surface area contributed by atoms with Gasteiger partial charge in [0.25, 0.3) is 0 Å². The number of rotatable bonds is 3. The van der Waals surface area contributed by atoms with Gasteiger partial charge in [-0.05, 0) is 0 Å². The first-order valence-electron chi connectivity index (χ1n) is 4.52. The second-order valence-electron chi connectivity index (χ2n) is 3.12. The minimum absolute atomic E-state index is 0.226. The van der Waals surface area contributed by atoms with Crippen molar-refractivity contribution in [3.63, 3.8) is 0 Å². The third kappa shape index (κ3) is 1.34. The van der Waals surface area contributed by atoms with E-state index in [1.54, 1.807) is 18.6 Å². The monoisotopic (exact) mass is 217 g/mol. The quantitative estimate of drug-likeness (QED) is 0.528. The highest BCUT2D eigenvalue weighted by atomic mass is 15.4. The normalized spacial score (nSPS) is 11.1. The lowest BCUT2D eigenvalue weighted by molar-refractivity contribution is 0.797. The lowest BCUT2D eigenvalue weighted by Crippen LogP contribution is -2.05. The van der Waals surface area contributed by atoms with Gasteiger partial charge < -0.3 is 0 Å². The first-order valence-corrected chi connectivity index (χ1v) is 4.52. The van der Waals surface area contributed by atoms with Crippen molar-refractivity contribution in [2.75, 3.05) is 0 Å². The van der Waals surface area contributed by atoms with Crippen molar-refractivity contribution in [2.24, 2.45) is 0 Å². The number of nitrogens with one attached hydrogen (secondary N) is 3. The molecule has 0 aliphatic rings. The van der Waals surface area contributed by atoms with E-state index in [2.05, 4.69) is 46.2 Å². The molecule has 3 N–H and O–H groups in total. The number of H-pyrrole nitrogens is 3. The molecule has 80 valence electrons. The summed E-state index contributed by atoms with van der Waals surface area (Å²) in [5.41, 5.74) is 2.13. The molecule has 0 saturated heterocycles.